The van der Waals surface area contributed by atoms with Gasteiger partial charge in [-0.2, -0.15) is 0 Å². The Morgan fingerprint density at radius 2 is 2.00 bits per heavy atom. The van der Waals surface area contributed by atoms with Gasteiger partial charge in [0.25, 0.3) is 0 Å². The van der Waals surface area contributed by atoms with Crippen molar-refractivity contribution in [2.75, 3.05) is 0 Å². The van der Waals surface area contributed by atoms with E-state index in [2.05, 4.69) is 10.2 Å². The first-order valence-electron chi connectivity index (χ1n) is 5.31. The molecule has 2 aromatic heterocycles. The van der Waals surface area contributed by atoms with Crippen LogP contribution in [-0.4, -0.2) is 14.6 Å². The van der Waals surface area contributed by atoms with Gasteiger partial charge in [0.1, 0.15) is 0 Å². The first kappa shape index (κ1) is 10.3. The molecular weight excluding hydrogens is 234 g/mol. The summed E-state index contributed by atoms with van der Waals surface area (Å²) < 4.78 is 1.97. The van der Waals surface area contributed by atoms with Gasteiger partial charge in [0.2, 0.25) is 0 Å². The Morgan fingerprint density at radius 1 is 1.12 bits per heavy atom. The van der Waals surface area contributed by atoms with Crippen LogP contribution >= 0.6 is 11.6 Å². The number of benzene rings is 1. The molecule has 0 spiro atoms. The number of hydrogen-bond donors (Lipinski definition) is 0. The first-order valence-corrected chi connectivity index (χ1v) is 5.69. The SMILES string of the molecule is Cc1ccc2nnc(-c3cccc(Cl)c3)n2c1. The number of rotatable bonds is 1. The van der Waals surface area contributed by atoms with Gasteiger partial charge in [-0.15, -0.1) is 10.2 Å². The minimum absolute atomic E-state index is 0.701. The van der Waals surface area contributed by atoms with Crippen LogP contribution < -0.4 is 0 Å². The summed E-state index contributed by atoms with van der Waals surface area (Å²) in [5, 5.41) is 9.04. The highest BCUT2D eigenvalue weighted by molar-refractivity contribution is 6.30. The van der Waals surface area contributed by atoms with Gasteiger partial charge in [-0.05, 0) is 30.7 Å². The van der Waals surface area contributed by atoms with Crippen molar-refractivity contribution in [3.8, 4) is 11.4 Å². The van der Waals surface area contributed by atoms with Crippen molar-refractivity contribution in [2.24, 2.45) is 0 Å². The summed E-state index contributed by atoms with van der Waals surface area (Å²) >= 11 is 5.99. The molecule has 0 N–H and O–H groups in total. The molecule has 0 aliphatic rings. The first-order chi connectivity index (χ1) is 8.24. The molecule has 17 heavy (non-hydrogen) atoms. The molecule has 1 aromatic carbocycles. The fourth-order valence-electron chi connectivity index (χ4n) is 1.82. The van der Waals surface area contributed by atoms with Gasteiger partial charge >= 0.3 is 0 Å². The number of halogens is 1. The van der Waals surface area contributed by atoms with E-state index in [0.717, 1.165) is 17.0 Å². The average molecular weight is 244 g/mol. The molecule has 3 nitrogen and oxygen atoms in total. The molecule has 84 valence electrons. The third kappa shape index (κ3) is 1.78. The summed E-state index contributed by atoms with van der Waals surface area (Å²) in [6, 6.07) is 11.6. The van der Waals surface area contributed by atoms with Crippen LogP contribution in [0.15, 0.2) is 42.6 Å². The van der Waals surface area contributed by atoms with E-state index >= 15 is 0 Å². The molecule has 0 amide bonds. The molecule has 0 fully saturated rings. The summed E-state index contributed by atoms with van der Waals surface area (Å²) in [6.07, 6.45) is 2.02. The lowest BCUT2D eigenvalue weighted by atomic mass is 10.2. The maximum Gasteiger partial charge on any atom is 0.168 e. The van der Waals surface area contributed by atoms with Crippen molar-refractivity contribution >= 4 is 17.2 Å². The Bertz CT molecular complexity index is 688. The quantitative estimate of drug-likeness (QED) is 0.656. The fraction of sp³-hybridized carbons (Fsp3) is 0.0769. The lowest BCUT2D eigenvalue weighted by Crippen LogP contribution is -1.90. The number of nitrogens with zero attached hydrogens (tertiary/aromatic N) is 3. The molecule has 2 heterocycles. The number of fused-ring (bicyclic) bond motifs is 1. The maximum absolute atomic E-state index is 5.99. The summed E-state index contributed by atoms with van der Waals surface area (Å²) in [5.41, 5.74) is 2.97. The molecule has 0 saturated carbocycles. The van der Waals surface area contributed by atoms with Gasteiger partial charge < -0.3 is 0 Å². The second-order valence-electron chi connectivity index (χ2n) is 3.97. The van der Waals surface area contributed by atoms with Crippen LogP contribution in [-0.2, 0) is 0 Å². The molecule has 0 atom stereocenters. The lowest BCUT2D eigenvalue weighted by molar-refractivity contribution is 1.11. The molecule has 0 bridgehead atoms. The second kappa shape index (κ2) is 3.86. The smallest absolute Gasteiger partial charge is 0.168 e. The summed E-state index contributed by atoms with van der Waals surface area (Å²) in [6.45, 7) is 2.04. The van der Waals surface area contributed by atoms with E-state index in [9.17, 15) is 0 Å². The van der Waals surface area contributed by atoms with E-state index in [1.54, 1.807) is 0 Å². The second-order valence-corrected chi connectivity index (χ2v) is 4.41. The largest absolute Gasteiger partial charge is 0.282 e. The fourth-order valence-corrected chi connectivity index (χ4v) is 2.01. The van der Waals surface area contributed by atoms with Gasteiger partial charge in [-0.25, -0.2) is 0 Å². The zero-order valence-electron chi connectivity index (χ0n) is 9.26. The Morgan fingerprint density at radius 3 is 2.82 bits per heavy atom. The molecule has 4 heteroatoms. The van der Waals surface area contributed by atoms with E-state index in [1.165, 1.54) is 5.56 Å². The van der Waals surface area contributed by atoms with Gasteiger partial charge in [0, 0.05) is 16.8 Å². The molecule has 0 aliphatic carbocycles. The van der Waals surface area contributed by atoms with E-state index in [-0.39, 0.29) is 0 Å². The minimum Gasteiger partial charge on any atom is -0.282 e. The van der Waals surface area contributed by atoms with Crippen LogP contribution in [0.4, 0.5) is 0 Å². The Balaban J connectivity index is 2.27. The highest BCUT2D eigenvalue weighted by atomic mass is 35.5. The molecule has 3 aromatic rings. The van der Waals surface area contributed by atoms with E-state index in [0.29, 0.717) is 5.02 Å². The number of pyridine rings is 1. The standard InChI is InChI=1S/C13H10ClN3/c1-9-5-6-12-15-16-13(17(12)8-9)10-3-2-4-11(14)7-10/h2-8H,1H3. The van der Waals surface area contributed by atoms with Crippen LogP contribution in [0.5, 0.6) is 0 Å². The topological polar surface area (TPSA) is 30.2 Å². The Labute approximate surface area is 104 Å². The third-order valence-corrected chi connectivity index (χ3v) is 2.87. The third-order valence-electron chi connectivity index (χ3n) is 2.63. The monoisotopic (exact) mass is 243 g/mol. The van der Waals surface area contributed by atoms with Crippen LogP contribution in [0.1, 0.15) is 5.56 Å². The molecule has 0 aliphatic heterocycles. The highest BCUT2D eigenvalue weighted by Crippen LogP contribution is 2.21. The van der Waals surface area contributed by atoms with Gasteiger partial charge in [-0.1, -0.05) is 29.8 Å². The van der Waals surface area contributed by atoms with Crippen molar-refractivity contribution in [3.63, 3.8) is 0 Å². The zero-order chi connectivity index (χ0) is 11.8. The van der Waals surface area contributed by atoms with E-state index < -0.39 is 0 Å². The normalized spacial score (nSPS) is 10.9. The summed E-state index contributed by atoms with van der Waals surface area (Å²) in [7, 11) is 0. The summed E-state index contributed by atoms with van der Waals surface area (Å²) in [5.74, 6) is 0.811. The molecular formula is C13H10ClN3. The average Bonchev–Trinajstić information content (AvgIpc) is 2.71. The summed E-state index contributed by atoms with van der Waals surface area (Å²) in [4.78, 5) is 0. The van der Waals surface area contributed by atoms with E-state index in [4.69, 9.17) is 11.6 Å². The van der Waals surface area contributed by atoms with Crippen LogP contribution in [0.3, 0.4) is 0 Å². The van der Waals surface area contributed by atoms with Gasteiger partial charge in [0.05, 0.1) is 0 Å². The van der Waals surface area contributed by atoms with Gasteiger partial charge in [-0.3, -0.25) is 4.40 Å². The minimum atomic E-state index is 0.701. The van der Waals surface area contributed by atoms with Gasteiger partial charge in [0.15, 0.2) is 11.5 Å². The Kier molecular flexibility index (Phi) is 2.34. The van der Waals surface area contributed by atoms with Crippen molar-refractivity contribution in [3.05, 3.63) is 53.2 Å². The zero-order valence-corrected chi connectivity index (χ0v) is 10.0. The predicted octanol–water partition coefficient (Wildman–Crippen LogP) is 3.36. The predicted molar refractivity (Wildman–Crippen MR) is 68.2 cm³/mol. The van der Waals surface area contributed by atoms with Crippen LogP contribution in [0.25, 0.3) is 17.0 Å². The molecule has 0 radical (unpaired) electrons. The van der Waals surface area contributed by atoms with Crippen molar-refractivity contribution in [1.29, 1.82) is 0 Å². The number of aryl methyl sites for hydroxylation is 1. The molecule has 0 saturated heterocycles. The van der Waals surface area contributed by atoms with Crippen molar-refractivity contribution in [2.45, 2.75) is 6.92 Å². The lowest BCUT2D eigenvalue weighted by Gasteiger charge is -2.01. The maximum atomic E-state index is 5.99. The van der Waals surface area contributed by atoms with E-state index in [1.807, 2.05) is 53.9 Å². The number of aromatic nitrogens is 3. The van der Waals surface area contributed by atoms with Crippen molar-refractivity contribution in [1.82, 2.24) is 14.6 Å². The molecule has 0 unspecified atom stereocenters. The highest BCUT2D eigenvalue weighted by Gasteiger charge is 2.07. The number of hydrogen-bond acceptors (Lipinski definition) is 2. The van der Waals surface area contributed by atoms with Crippen LogP contribution in [0.2, 0.25) is 5.02 Å². The Hall–Kier alpha value is -1.87. The van der Waals surface area contributed by atoms with Crippen molar-refractivity contribution < 1.29 is 0 Å². The van der Waals surface area contributed by atoms with Crippen LogP contribution in [0, 0.1) is 6.92 Å². The molecule has 3 rings (SSSR count).